The van der Waals surface area contributed by atoms with Crippen LogP contribution in [0.25, 0.3) is 0 Å². The van der Waals surface area contributed by atoms with Gasteiger partial charge >= 0.3 is 5.97 Å². The molecule has 0 radical (unpaired) electrons. The Kier molecular flexibility index (Phi) is 14.9. The number of aliphatic carboxylic acids is 1. The molecule has 0 bridgehead atoms. The molecular weight excluding hydrogens is 832 g/mol. The normalized spacial score (nSPS) is 23.6. The van der Waals surface area contributed by atoms with Crippen molar-refractivity contribution < 1.29 is 83.2 Å². The number of ether oxygens (including phenoxy) is 3. The largest absolute Gasteiger partial charge is 0.507 e. The van der Waals surface area contributed by atoms with Gasteiger partial charge in [-0.3, -0.25) is 38.4 Å². The van der Waals surface area contributed by atoms with Gasteiger partial charge in [0, 0.05) is 42.4 Å². The van der Waals surface area contributed by atoms with Crippen molar-refractivity contribution in [3.05, 3.63) is 51.6 Å². The second-order valence-corrected chi connectivity index (χ2v) is 16.3. The number of aromatic hydroxyl groups is 2. The summed E-state index contributed by atoms with van der Waals surface area (Å²) in [4.78, 5) is 103. The zero-order valence-electron chi connectivity index (χ0n) is 35.2. The van der Waals surface area contributed by atoms with Gasteiger partial charge in [0.25, 0.3) is 0 Å². The molecule has 1 aliphatic heterocycles. The van der Waals surface area contributed by atoms with Crippen LogP contribution in [0.2, 0.25) is 0 Å². The lowest BCUT2D eigenvalue weighted by Gasteiger charge is -2.43. The Balaban J connectivity index is 1.31. The molecule has 1 heterocycles. The topological polar surface area (TPSA) is 334 Å². The SMILES string of the molecule is COc1cccc2c1C(=O)c1c(O)c3c(c(O)c1C2=O)C[C@@](O)(C(=O)CO)C[C@@H]3O[C@H]1C[C@H](NC(=O)CNC(=O)[C@H](C)NC(=O)[C@H](CC(C)C)NC(=O)CCC(=O)O)[C@H](O)[C@H](C)O1. The summed E-state index contributed by atoms with van der Waals surface area (Å²) in [5.74, 6) is -8.59. The predicted molar refractivity (Wildman–Crippen MR) is 215 cm³/mol. The first-order valence-electron chi connectivity index (χ1n) is 20.2. The first-order valence-corrected chi connectivity index (χ1v) is 20.2. The van der Waals surface area contributed by atoms with Crippen LogP contribution in [0.5, 0.6) is 17.2 Å². The van der Waals surface area contributed by atoms with Crippen molar-refractivity contribution in [1.82, 2.24) is 21.3 Å². The van der Waals surface area contributed by atoms with Gasteiger partial charge in [0.15, 0.2) is 17.9 Å². The lowest BCUT2D eigenvalue weighted by atomic mass is 9.72. The van der Waals surface area contributed by atoms with Gasteiger partial charge in [-0.05, 0) is 32.3 Å². The maximum absolute atomic E-state index is 14.0. The first-order chi connectivity index (χ1) is 29.6. The number of methoxy groups -OCH3 is 1. The highest BCUT2D eigenvalue weighted by Crippen LogP contribution is 2.52. The second kappa shape index (κ2) is 19.6. The van der Waals surface area contributed by atoms with E-state index in [2.05, 4.69) is 21.3 Å². The average Bonchev–Trinajstić information content (AvgIpc) is 3.22. The Hall–Kier alpha value is -6.00. The van der Waals surface area contributed by atoms with Crippen molar-refractivity contribution in [3.8, 4) is 17.2 Å². The number of nitrogens with one attached hydrogen (secondary N) is 4. The number of hydrogen-bond donors (Lipinski definition) is 10. The molecule has 2 aliphatic carbocycles. The molecule has 0 aromatic heterocycles. The monoisotopic (exact) mass is 884 g/mol. The number of amides is 4. The van der Waals surface area contributed by atoms with Crippen molar-refractivity contribution in [2.75, 3.05) is 20.3 Å². The lowest BCUT2D eigenvalue weighted by molar-refractivity contribution is -0.249. The van der Waals surface area contributed by atoms with Crippen LogP contribution in [0.1, 0.15) is 109 Å². The Bertz CT molecular complexity index is 2190. The van der Waals surface area contributed by atoms with Gasteiger partial charge in [0.2, 0.25) is 29.4 Å². The van der Waals surface area contributed by atoms with Crippen LogP contribution < -0.4 is 26.0 Å². The van der Waals surface area contributed by atoms with E-state index in [-0.39, 0.29) is 53.2 Å². The van der Waals surface area contributed by atoms with Crippen molar-refractivity contribution in [1.29, 1.82) is 0 Å². The third-order valence-corrected chi connectivity index (χ3v) is 11.2. The number of phenols is 2. The van der Waals surface area contributed by atoms with Crippen molar-refractivity contribution >= 4 is 46.9 Å². The zero-order valence-corrected chi connectivity index (χ0v) is 35.2. The van der Waals surface area contributed by atoms with Crippen LogP contribution in [0.15, 0.2) is 18.2 Å². The molecule has 1 fully saturated rings. The number of fused-ring (bicyclic) bond motifs is 3. The Morgan fingerprint density at radius 1 is 0.937 bits per heavy atom. The molecule has 8 atom stereocenters. The van der Waals surface area contributed by atoms with E-state index in [4.69, 9.17) is 19.3 Å². The maximum atomic E-state index is 14.0. The fourth-order valence-corrected chi connectivity index (χ4v) is 8.01. The molecule has 0 saturated carbocycles. The number of benzene rings is 2. The molecule has 2 aromatic rings. The highest BCUT2D eigenvalue weighted by molar-refractivity contribution is 6.31. The molecule has 342 valence electrons. The molecule has 0 spiro atoms. The molecule has 3 aliphatic rings. The summed E-state index contributed by atoms with van der Waals surface area (Å²) in [7, 11) is 1.28. The standard InChI is InChI=1S/C42H52N4O17/c1-17(2)11-23(46-27(49)9-10-29(51)52)41(59)44-18(3)40(58)43-15-28(50)45-22-12-30(62-19(4)35(22)53)63-25-14-42(60,26(48)16-47)13-21-32(25)39(57)34-33(37(21)55)36(54)20-7-6-8-24(61-5)31(20)38(34)56/h6-8,17-19,22-23,25,30,35,47,53,55,57,60H,9-16H2,1-5H3,(H,43,58)(H,44,59)(H,45,50)(H,46,49)(H,51,52)/t18-,19-,22-,23-,25-,30-,35+,42-/m0/s1. The van der Waals surface area contributed by atoms with Crippen LogP contribution >= 0.6 is 0 Å². The Morgan fingerprint density at radius 3 is 2.25 bits per heavy atom. The number of carbonyl (C=O) groups is 8. The molecule has 5 rings (SSSR count). The molecule has 10 N–H and O–H groups in total. The molecule has 0 unspecified atom stereocenters. The minimum Gasteiger partial charge on any atom is -0.507 e. The first kappa shape index (κ1) is 48.0. The van der Waals surface area contributed by atoms with Crippen molar-refractivity contribution in [2.45, 2.75) is 115 Å². The van der Waals surface area contributed by atoms with Crippen LogP contribution in [0, 0.1) is 5.92 Å². The molecular formula is C42H52N4O17. The van der Waals surface area contributed by atoms with E-state index in [0.29, 0.717) is 0 Å². The van der Waals surface area contributed by atoms with Gasteiger partial charge < -0.3 is 66.1 Å². The van der Waals surface area contributed by atoms with Gasteiger partial charge in [-0.2, -0.15) is 0 Å². The maximum Gasteiger partial charge on any atom is 0.303 e. The van der Waals surface area contributed by atoms with Gasteiger partial charge in [-0.25, -0.2) is 0 Å². The minimum atomic E-state index is -2.42. The van der Waals surface area contributed by atoms with Gasteiger partial charge in [0.1, 0.15) is 47.6 Å². The number of aliphatic hydroxyl groups excluding tert-OH is 2. The second-order valence-electron chi connectivity index (χ2n) is 16.3. The summed E-state index contributed by atoms with van der Waals surface area (Å²) in [5, 5.41) is 74.5. The fraction of sp³-hybridized carbons (Fsp3) is 0.524. The summed E-state index contributed by atoms with van der Waals surface area (Å²) >= 11 is 0. The van der Waals surface area contributed by atoms with Gasteiger partial charge in [-0.15, -0.1) is 0 Å². The molecule has 63 heavy (non-hydrogen) atoms. The van der Waals surface area contributed by atoms with Crippen LogP contribution in [0.3, 0.4) is 0 Å². The van der Waals surface area contributed by atoms with E-state index in [1.165, 1.54) is 39.2 Å². The highest BCUT2D eigenvalue weighted by atomic mass is 16.7. The molecule has 2 aromatic carbocycles. The third kappa shape index (κ3) is 10.3. The van der Waals surface area contributed by atoms with E-state index in [9.17, 15) is 63.9 Å². The van der Waals surface area contributed by atoms with E-state index in [0.717, 1.165) is 0 Å². The quantitative estimate of drug-likeness (QED) is 0.0740. The van der Waals surface area contributed by atoms with Crippen LogP contribution in [-0.4, -0.2) is 140 Å². The number of carboxylic acid groups (broad SMARTS) is 1. The predicted octanol–water partition coefficient (Wildman–Crippen LogP) is -0.825. The Labute approximate surface area is 360 Å². The smallest absolute Gasteiger partial charge is 0.303 e. The number of ketones is 3. The van der Waals surface area contributed by atoms with E-state index in [1.807, 2.05) is 0 Å². The van der Waals surface area contributed by atoms with Gasteiger partial charge in [-0.1, -0.05) is 26.0 Å². The summed E-state index contributed by atoms with van der Waals surface area (Å²) < 4.78 is 17.4. The molecule has 21 nitrogen and oxygen atoms in total. The van der Waals surface area contributed by atoms with Crippen LogP contribution in [-0.2, 0) is 44.7 Å². The average molecular weight is 885 g/mol. The van der Waals surface area contributed by atoms with E-state index >= 15 is 0 Å². The van der Waals surface area contributed by atoms with Crippen molar-refractivity contribution in [2.24, 2.45) is 5.92 Å². The number of phenolic OH excluding ortho intramolecular Hbond substituents is 2. The van der Waals surface area contributed by atoms with E-state index < -0.39 is 150 Å². The summed E-state index contributed by atoms with van der Waals surface area (Å²) in [5.41, 5.74) is -4.46. The number of carbonyl (C=O) groups excluding carboxylic acids is 7. The van der Waals surface area contributed by atoms with Gasteiger partial charge in [0.05, 0.1) is 55.0 Å². The molecule has 1 saturated heterocycles. The molecule has 21 heteroatoms. The van der Waals surface area contributed by atoms with Crippen molar-refractivity contribution in [3.63, 3.8) is 0 Å². The number of carboxylic acids is 1. The number of rotatable bonds is 17. The fourth-order valence-electron chi connectivity index (χ4n) is 8.01. The minimum absolute atomic E-state index is 0.0192. The van der Waals surface area contributed by atoms with Crippen LogP contribution in [0.4, 0.5) is 0 Å². The Morgan fingerprint density at radius 2 is 1.62 bits per heavy atom. The number of aliphatic hydroxyl groups is 3. The molecule has 4 amide bonds. The summed E-state index contributed by atoms with van der Waals surface area (Å²) in [6.07, 6.45) is -7.58. The zero-order chi connectivity index (χ0) is 46.7. The number of hydrogen-bond acceptors (Lipinski definition) is 16. The van der Waals surface area contributed by atoms with E-state index in [1.54, 1.807) is 13.8 Å². The highest BCUT2D eigenvalue weighted by Gasteiger charge is 2.50. The summed E-state index contributed by atoms with van der Waals surface area (Å²) in [6, 6.07) is 0.837. The third-order valence-electron chi connectivity index (χ3n) is 11.2. The lowest BCUT2D eigenvalue weighted by Crippen LogP contribution is -2.57. The number of Topliss-reactive ketones (excluding diaryl/α,β-unsaturated/α-hetero) is 1. The summed E-state index contributed by atoms with van der Waals surface area (Å²) in [6.45, 7) is 4.62.